The van der Waals surface area contributed by atoms with Gasteiger partial charge in [0, 0.05) is 0 Å². The summed E-state index contributed by atoms with van der Waals surface area (Å²) in [6, 6.07) is 0. The number of hydrogen-bond donors (Lipinski definition) is 1. The first-order valence-corrected chi connectivity index (χ1v) is 2.61. The number of rotatable bonds is 0. The first kappa shape index (κ1) is 9.26. The van der Waals surface area contributed by atoms with E-state index < -0.39 is 18.2 Å². The summed E-state index contributed by atoms with van der Waals surface area (Å²) >= 11 is -3.83. The van der Waals surface area contributed by atoms with Crippen molar-refractivity contribution in [1.29, 1.82) is 0 Å². The van der Waals surface area contributed by atoms with E-state index >= 15 is 0 Å². The molecule has 0 heterocycles. The molecule has 0 aliphatic rings. The van der Waals surface area contributed by atoms with Gasteiger partial charge < -0.3 is 0 Å². The fraction of sp³-hybridized carbons (Fsp3) is 0. The zero-order valence-corrected chi connectivity index (χ0v) is 3.33. The van der Waals surface area contributed by atoms with Crippen molar-refractivity contribution < 1.29 is 28.5 Å². The van der Waals surface area contributed by atoms with Crippen LogP contribution in [-0.4, -0.2) is 21.0 Å². The van der Waals surface area contributed by atoms with Crippen molar-refractivity contribution >= 4 is 17.4 Å². The molecule has 0 rings (SSSR count). The van der Waals surface area contributed by atoms with Crippen LogP contribution in [0.25, 0.3) is 0 Å². The second kappa shape index (κ2) is 4.81. The molecule has 5 heteroatoms. The van der Waals surface area contributed by atoms with Gasteiger partial charge in [0.25, 0.3) is 0 Å². The maximum absolute atomic E-state index is 8.69. The Kier molecular flexibility index (Phi) is 8.90. The molecule has 0 aliphatic carbocycles. The Morgan fingerprint density at radius 2 is 1.40 bits per heavy atom. The van der Waals surface area contributed by atoms with E-state index in [1.165, 1.54) is 0 Å². The van der Waals surface area contributed by atoms with E-state index in [4.69, 9.17) is 10.3 Å². The van der Waals surface area contributed by atoms with E-state index in [1.54, 1.807) is 0 Å². The topological polar surface area (TPSA) is 54.4 Å². The molecule has 0 aromatic rings. The van der Waals surface area contributed by atoms with Gasteiger partial charge in [-0.05, 0) is 0 Å². The third kappa shape index (κ3) is 58.2. The fourth-order valence-electron chi connectivity index (χ4n) is 0. The summed E-state index contributed by atoms with van der Waals surface area (Å²) in [5.41, 5.74) is 0. The SMILES string of the molecule is [AlH3].[O]=[Ti](=[O])[OH]. The van der Waals surface area contributed by atoms with Crippen molar-refractivity contribution in [3.63, 3.8) is 0 Å². The standard InChI is InChI=1S/Al.H2O.2O.Ti.3H/h;1H2;;;;;;/q;;;;+1;;;/p-1. The summed E-state index contributed by atoms with van der Waals surface area (Å²) in [5.74, 6) is 0. The molecule has 5 heavy (non-hydrogen) atoms. The third-order valence-electron chi connectivity index (χ3n) is 0. The summed E-state index contributed by atoms with van der Waals surface area (Å²) < 4.78 is 24.5. The summed E-state index contributed by atoms with van der Waals surface area (Å²) in [6.07, 6.45) is 0. The Labute approximate surface area is 46.1 Å². The molecule has 0 saturated heterocycles. The minimum atomic E-state index is -3.83. The zero-order chi connectivity index (χ0) is 3.58. The van der Waals surface area contributed by atoms with Crippen molar-refractivity contribution in [2.75, 3.05) is 0 Å². The van der Waals surface area contributed by atoms with Crippen molar-refractivity contribution in [2.45, 2.75) is 0 Å². The van der Waals surface area contributed by atoms with Gasteiger partial charge in [-0.3, -0.25) is 0 Å². The van der Waals surface area contributed by atoms with Gasteiger partial charge in [-0.25, -0.2) is 0 Å². The van der Waals surface area contributed by atoms with Crippen molar-refractivity contribution in [1.82, 2.24) is 0 Å². The molecule has 0 atom stereocenters. The van der Waals surface area contributed by atoms with E-state index in [2.05, 4.69) is 0 Å². The van der Waals surface area contributed by atoms with E-state index in [0.717, 1.165) is 0 Å². The monoisotopic (exact) mass is 127 g/mol. The molecular formula is H4AlO3Ti. The summed E-state index contributed by atoms with van der Waals surface area (Å²) in [5, 5.41) is 0. The van der Waals surface area contributed by atoms with Crippen molar-refractivity contribution in [2.24, 2.45) is 0 Å². The van der Waals surface area contributed by atoms with Gasteiger partial charge in [0.2, 0.25) is 0 Å². The minimum absolute atomic E-state index is 0. The Bertz CT molecular complexity index is 55.3. The Morgan fingerprint density at radius 3 is 1.40 bits per heavy atom. The summed E-state index contributed by atoms with van der Waals surface area (Å²) in [4.78, 5) is 0. The first-order chi connectivity index (χ1) is 1.73. The summed E-state index contributed by atoms with van der Waals surface area (Å²) in [6.45, 7) is 0. The van der Waals surface area contributed by atoms with Crippen LogP contribution >= 0.6 is 0 Å². The maximum atomic E-state index is 8.69. The second-order valence-corrected chi connectivity index (χ2v) is 1.10. The van der Waals surface area contributed by atoms with Crippen LogP contribution in [0, 0.1) is 0 Å². The van der Waals surface area contributed by atoms with Crippen LogP contribution in [0.3, 0.4) is 0 Å². The molecule has 0 unspecified atom stereocenters. The van der Waals surface area contributed by atoms with Crippen LogP contribution in [0.15, 0.2) is 0 Å². The molecule has 29 valence electrons. The predicted molar refractivity (Wildman–Crippen MR) is 13.5 cm³/mol. The normalized spacial score (nSPS) is 5.00. The number of hydrogen-bond acceptors (Lipinski definition) is 2. The molecule has 0 saturated carbocycles. The molecule has 3 nitrogen and oxygen atoms in total. The van der Waals surface area contributed by atoms with E-state index in [0.29, 0.717) is 0 Å². The predicted octanol–water partition coefficient (Wildman–Crippen LogP) is -1.98. The van der Waals surface area contributed by atoms with Crippen LogP contribution in [0.5, 0.6) is 0 Å². The second-order valence-electron chi connectivity index (χ2n) is 0.266. The van der Waals surface area contributed by atoms with Gasteiger partial charge in [0.15, 0.2) is 17.4 Å². The molecule has 1 N–H and O–H groups in total. The van der Waals surface area contributed by atoms with Crippen LogP contribution < -0.4 is 0 Å². The van der Waals surface area contributed by atoms with Gasteiger partial charge in [-0.2, -0.15) is 0 Å². The van der Waals surface area contributed by atoms with E-state index in [9.17, 15) is 0 Å². The average molecular weight is 127 g/mol. The molecule has 0 aromatic carbocycles. The quantitative estimate of drug-likeness (QED) is 0.383. The zero-order valence-electron chi connectivity index (χ0n) is 1.76. The molecule has 0 aliphatic heterocycles. The van der Waals surface area contributed by atoms with Crippen LogP contribution in [0.2, 0.25) is 0 Å². The Morgan fingerprint density at radius 1 is 1.40 bits per heavy atom. The average Bonchev–Trinajstić information content (AvgIpc) is 0.811. The van der Waals surface area contributed by atoms with Gasteiger partial charge in [-0.15, -0.1) is 0 Å². The van der Waals surface area contributed by atoms with E-state index in [1.807, 2.05) is 0 Å². The molecular weight excluding hydrogens is 123 g/mol. The Balaban J connectivity index is 0. The van der Waals surface area contributed by atoms with E-state index in [-0.39, 0.29) is 17.4 Å². The van der Waals surface area contributed by atoms with Crippen LogP contribution in [0.1, 0.15) is 0 Å². The van der Waals surface area contributed by atoms with Crippen LogP contribution in [0.4, 0.5) is 0 Å². The fourth-order valence-corrected chi connectivity index (χ4v) is 0. The molecule has 0 amide bonds. The first-order valence-electron chi connectivity index (χ1n) is 0.632. The van der Waals surface area contributed by atoms with Gasteiger partial charge in [-0.1, -0.05) is 0 Å². The van der Waals surface area contributed by atoms with Gasteiger partial charge >= 0.3 is 28.5 Å². The molecule has 0 fully saturated rings. The molecule has 0 aromatic heterocycles. The van der Waals surface area contributed by atoms with Crippen molar-refractivity contribution in [3.8, 4) is 0 Å². The third-order valence-corrected chi connectivity index (χ3v) is 0. The van der Waals surface area contributed by atoms with Crippen LogP contribution in [-0.2, 0) is 24.8 Å². The molecule has 0 radical (unpaired) electrons. The van der Waals surface area contributed by atoms with Crippen molar-refractivity contribution in [3.05, 3.63) is 0 Å². The van der Waals surface area contributed by atoms with Gasteiger partial charge in [0.1, 0.15) is 0 Å². The molecule has 0 bridgehead atoms. The molecule has 0 spiro atoms. The summed E-state index contributed by atoms with van der Waals surface area (Å²) in [7, 11) is 0. The van der Waals surface area contributed by atoms with Gasteiger partial charge in [0.05, 0.1) is 0 Å². The Hall–Kier alpha value is 0.807.